The van der Waals surface area contributed by atoms with E-state index in [0.717, 1.165) is 0 Å². The van der Waals surface area contributed by atoms with Gasteiger partial charge in [0.2, 0.25) is 6.29 Å². The van der Waals surface area contributed by atoms with Gasteiger partial charge >= 0.3 is 0 Å². The molecule has 1 aromatic rings. The van der Waals surface area contributed by atoms with Crippen molar-refractivity contribution in [2.24, 2.45) is 0 Å². The summed E-state index contributed by atoms with van der Waals surface area (Å²) in [5.41, 5.74) is 0.584. The van der Waals surface area contributed by atoms with Gasteiger partial charge in [0.05, 0.1) is 0 Å². The Labute approximate surface area is 76.3 Å². The lowest BCUT2D eigenvalue weighted by molar-refractivity contribution is -0.102. The van der Waals surface area contributed by atoms with Gasteiger partial charge in [0.15, 0.2) is 6.17 Å². The van der Waals surface area contributed by atoms with Gasteiger partial charge in [0, 0.05) is 12.2 Å². The fraction of sp³-hybridized carbons (Fsp3) is 0.400. The molecule has 1 aliphatic heterocycles. The van der Waals surface area contributed by atoms with E-state index in [1.54, 1.807) is 18.2 Å². The van der Waals surface area contributed by atoms with E-state index in [1.807, 2.05) is 13.0 Å². The second-order valence-corrected chi connectivity index (χ2v) is 2.88. The maximum Gasteiger partial charge on any atom is 0.235 e. The first-order chi connectivity index (χ1) is 6.33. The average Bonchev–Trinajstić information content (AvgIpc) is 2.46. The zero-order valence-corrected chi connectivity index (χ0v) is 7.37. The van der Waals surface area contributed by atoms with Crippen LogP contribution in [0.25, 0.3) is 0 Å². The summed E-state index contributed by atoms with van der Waals surface area (Å²) in [4.78, 5) is 0. The normalized spacial score (nSPS) is 25.4. The van der Waals surface area contributed by atoms with Crippen LogP contribution < -0.4 is 4.74 Å². The van der Waals surface area contributed by atoms with Crippen LogP contribution >= 0.6 is 0 Å². The number of rotatable bonds is 2. The van der Waals surface area contributed by atoms with Crippen LogP contribution in [0.5, 0.6) is 5.75 Å². The summed E-state index contributed by atoms with van der Waals surface area (Å²) in [6.07, 6.45) is -1.92. The average molecular weight is 182 g/mol. The van der Waals surface area contributed by atoms with Crippen molar-refractivity contribution in [1.82, 2.24) is 0 Å². The molecule has 0 saturated carbocycles. The molecule has 2 atom stereocenters. The van der Waals surface area contributed by atoms with E-state index in [1.165, 1.54) is 0 Å². The molecule has 0 radical (unpaired) electrons. The van der Waals surface area contributed by atoms with Gasteiger partial charge in [-0.05, 0) is 13.0 Å². The van der Waals surface area contributed by atoms with Crippen molar-refractivity contribution in [3.05, 3.63) is 29.8 Å². The topological polar surface area (TPSA) is 18.5 Å². The van der Waals surface area contributed by atoms with Gasteiger partial charge < -0.3 is 9.47 Å². The maximum absolute atomic E-state index is 13.5. The molecule has 0 aromatic heterocycles. The molecular formula is C10H11FO2. The van der Waals surface area contributed by atoms with Crippen LogP contribution in [0.4, 0.5) is 4.39 Å². The summed E-state index contributed by atoms with van der Waals surface area (Å²) < 4.78 is 23.9. The summed E-state index contributed by atoms with van der Waals surface area (Å²) in [5, 5.41) is 0. The number of halogens is 1. The number of ether oxygens (including phenoxy) is 2. The summed E-state index contributed by atoms with van der Waals surface area (Å²) in [6, 6.07) is 7.09. The highest BCUT2D eigenvalue weighted by Crippen LogP contribution is 2.39. The Kier molecular flexibility index (Phi) is 2.19. The zero-order valence-electron chi connectivity index (χ0n) is 7.37. The molecule has 70 valence electrons. The standard InChI is InChI=1S/C10H11FO2/c1-2-12-10-9(11)7-5-3-4-6-8(7)13-10/h3-6,9-10H,2H2,1H3. The van der Waals surface area contributed by atoms with E-state index < -0.39 is 12.5 Å². The fourth-order valence-corrected chi connectivity index (χ4v) is 1.43. The fourth-order valence-electron chi connectivity index (χ4n) is 1.43. The van der Waals surface area contributed by atoms with E-state index >= 15 is 0 Å². The first kappa shape index (κ1) is 8.51. The summed E-state index contributed by atoms with van der Waals surface area (Å²) in [5.74, 6) is 0.591. The molecule has 0 spiro atoms. The molecule has 3 heteroatoms. The molecule has 0 fully saturated rings. The quantitative estimate of drug-likeness (QED) is 0.699. The van der Waals surface area contributed by atoms with Crippen molar-refractivity contribution in [1.29, 1.82) is 0 Å². The Balaban J connectivity index is 2.22. The summed E-state index contributed by atoms with van der Waals surface area (Å²) in [6.45, 7) is 2.28. The van der Waals surface area contributed by atoms with Gasteiger partial charge in [0.25, 0.3) is 0 Å². The Hall–Kier alpha value is -1.09. The lowest BCUT2D eigenvalue weighted by Gasteiger charge is -2.11. The van der Waals surface area contributed by atoms with Crippen molar-refractivity contribution < 1.29 is 13.9 Å². The minimum Gasteiger partial charge on any atom is -0.461 e. The van der Waals surface area contributed by atoms with E-state index in [4.69, 9.17) is 9.47 Å². The minimum atomic E-state index is -1.16. The van der Waals surface area contributed by atoms with E-state index in [9.17, 15) is 4.39 Å². The van der Waals surface area contributed by atoms with Crippen molar-refractivity contribution in [2.75, 3.05) is 6.61 Å². The van der Waals surface area contributed by atoms with Gasteiger partial charge in [-0.25, -0.2) is 4.39 Å². The van der Waals surface area contributed by atoms with Crippen LogP contribution in [0.3, 0.4) is 0 Å². The summed E-state index contributed by atoms with van der Waals surface area (Å²) >= 11 is 0. The van der Waals surface area contributed by atoms with Crippen molar-refractivity contribution >= 4 is 0 Å². The second-order valence-electron chi connectivity index (χ2n) is 2.88. The third-order valence-corrected chi connectivity index (χ3v) is 2.03. The molecule has 13 heavy (non-hydrogen) atoms. The molecule has 1 aliphatic rings. The molecule has 0 saturated heterocycles. The highest BCUT2D eigenvalue weighted by atomic mass is 19.1. The first-order valence-electron chi connectivity index (χ1n) is 4.34. The minimum absolute atomic E-state index is 0.457. The highest BCUT2D eigenvalue weighted by molar-refractivity contribution is 5.38. The molecule has 2 rings (SSSR count). The number of hydrogen-bond donors (Lipinski definition) is 0. The number of benzene rings is 1. The molecule has 1 heterocycles. The van der Waals surface area contributed by atoms with Gasteiger partial charge in [-0.2, -0.15) is 0 Å². The smallest absolute Gasteiger partial charge is 0.235 e. The molecular weight excluding hydrogens is 171 g/mol. The molecule has 2 unspecified atom stereocenters. The third-order valence-electron chi connectivity index (χ3n) is 2.03. The van der Waals surface area contributed by atoms with Crippen LogP contribution in [0.15, 0.2) is 24.3 Å². The lowest BCUT2D eigenvalue weighted by atomic mass is 10.1. The monoisotopic (exact) mass is 182 g/mol. The van der Waals surface area contributed by atoms with Crippen LogP contribution in [0, 0.1) is 0 Å². The zero-order chi connectivity index (χ0) is 9.26. The Morgan fingerprint density at radius 1 is 1.46 bits per heavy atom. The van der Waals surface area contributed by atoms with E-state index in [-0.39, 0.29) is 0 Å². The molecule has 0 N–H and O–H groups in total. The predicted octanol–water partition coefficient (Wildman–Crippen LogP) is 2.45. The van der Waals surface area contributed by atoms with Gasteiger partial charge in [-0.15, -0.1) is 0 Å². The van der Waals surface area contributed by atoms with Crippen LogP contribution in [-0.4, -0.2) is 12.9 Å². The van der Waals surface area contributed by atoms with Crippen LogP contribution in [0.1, 0.15) is 18.7 Å². The maximum atomic E-state index is 13.5. The Morgan fingerprint density at radius 3 is 2.92 bits per heavy atom. The SMILES string of the molecule is CCOC1Oc2ccccc2C1F. The first-order valence-corrected chi connectivity index (χ1v) is 4.34. The lowest BCUT2D eigenvalue weighted by Crippen LogP contribution is -2.19. The number of para-hydroxylation sites is 1. The third kappa shape index (κ3) is 1.40. The predicted molar refractivity (Wildman–Crippen MR) is 46.3 cm³/mol. The molecule has 0 bridgehead atoms. The molecule has 0 aliphatic carbocycles. The van der Waals surface area contributed by atoms with Gasteiger partial charge in [-0.3, -0.25) is 0 Å². The van der Waals surface area contributed by atoms with Crippen LogP contribution in [-0.2, 0) is 4.74 Å². The number of fused-ring (bicyclic) bond motifs is 1. The van der Waals surface area contributed by atoms with Crippen molar-refractivity contribution in [3.8, 4) is 5.75 Å². The molecule has 2 nitrogen and oxygen atoms in total. The molecule has 0 amide bonds. The Morgan fingerprint density at radius 2 is 2.23 bits per heavy atom. The van der Waals surface area contributed by atoms with Crippen LogP contribution in [0.2, 0.25) is 0 Å². The van der Waals surface area contributed by atoms with Gasteiger partial charge in [0.1, 0.15) is 5.75 Å². The van der Waals surface area contributed by atoms with Crippen molar-refractivity contribution in [2.45, 2.75) is 19.4 Å². The largest absolute Gasteiger partial charge is 0.461 e. The number of alkyl halides is 1. The molecule has 1 aromatic carbocycles. The van der Waals surface area contributed by atoms with Crippen molar-refractivity contribution in [3.63, 3.8) is 0 Å². The highest BCUT2D eigenvalue weighted by Gasteiger charge is 2.34. The van der Waals surface area contributed by atoms with E-state index in [0.29, 0.717) is 17.9 Å². The Bertz CT molecular complexity index is 301. The number of hydrogen-bond acceptors (Lipinski definition) is 2. The van der Waals surface area contributed by atoms with Gasteiger partial charge in [-0.1, -0.05) is 18.2 Å². The summed E-state index contributed by atoms with van der Waals surface area (Å²) in [7, 11) is 0. The second kappa shape index (κ2) is 3.34. The van der Waals surface area contributed by atoms with E-state index in [2.05, 4.69) is 0 Å².